The summed E-state index contributed by atoms with van der Waals surface area (Å²) in [4.78, 5) is 12.5. The van der Waals surface area contributed by atoms with Gasteiger partial charge < -0.3 is 5.32 Å². The molecule has 2 aromatic rings. The number of carbonyl (C=O) groups excluding carboxylic acids is 1. The Morgan fingerprint density at radius 3 is 2.57 bits per heavy atom. The number of rotatable bonds is 8. The minimum Gasteiger partial charge on any atom is -0.351 e. The number of benzene rings is 2. The highest BCUT2D eigenvalue weighted by Gasteiger charge is 2.18. The Morgan fingerprint density at radius 2 is 1.93 bits per heavy atom. The van der Waals surface area contributed by atoms with Gasteiger partial charge in [-0.25, -0.2) is 12.8 Å². The van der Waals surface area contributed by atoms with Gasteiger partial charge in [-0.05, 0) is 36.8 Å². The molecule has 0 atom stereocenters. The van der Waals surface area contributed by atoms with Crippen molar-refractivity contribution in [3.8, 4) is 0 Å². The molecule has 1 amide bonds. The van der Waals surface area contributed by atoms with Crippen molar-refractivity contribution >= 4 is 45.0 Å². The Morgan fingerprint density at radius 1 is 1.25 bits per heavy atom. The topological polar surface area (TPSA) is 66.5 Å². The highest BCUT2D eigenvalue weighted by molar-refractivity contribution is 7.98. The molecule has 0 heterocycles. The third-order valence-corrected chi connectivity index (χ3v) is 6.76. The molecule has 28 heavy (non-hydrogen) atoms. The molecule has 0 aliphatic rings. The van der Waals surface area contributed by atoms with Crippen molar-refractivity contribution in [2.75, 3.05) is 29.9 Å². The van der Waals surface area contributed by atoms with Gasteiger partial charge in [0.2, 0.25) is 10.0 Å². The van der Waals surface area contributed by atoms with Gasteiger partial charge >= 0.3 is 0 Å². The van der Waals surface area contributed by atoms with E-state index in [1.807, 2.05) is 0 Å². The Hall–Kier alpha value is -1.77. The smallest absolute Gasteiger partial charge is 0.251 e. The van der Waals surface area contributed by atoms with Crippen LogP contribution < -0.4 is 9.62 Å². The number of amides is 1. The quantitative estimate of drug-likeness (QED) is 0.628. The maximum atomic E-state index is 13.7. The third kappa shape index (κ3) is 5.62. The lowest BCUT2D eigenvalue weighted by Gasteiger charge is -2.20. The van der Waals surface area contributed by atoms with E-state index in [-0.39, 0.29) is 11.7 Å². The van der Waals surface area contributed by atoms with Crippen molar-refractivity contribution in [1.29, 1.82) is 0 Å². The molecule has 0 aliphatic carbocycles. The van der Waals surface area contributed by atoms with Gasteiger partial charge in [0.15, 0.2) is 0 Å². The summed E-state index contributed by atoms with van der Waals surface area (Å²) in [6, 6.07) is 9.52. The molecule has 2 aromatic carbocycles. The number of hydrogen-bond donors (Lipinski definition) is 1. The van der Waals surface area contributed by atoms with Crippen molar-refractivity contribution in [2.45, 2.75) is 12.7 Å². The molecular weight excluding hydrogens is 423 g/mol. The molecule has 0 saturated heterocycles. The van der Waals surface area contributed by atoms with Crippen LogP contribution in [0.25, 0.3) is 0 Å². The number of sulfonamides is 1. The lowest BCUT2D eigenvalue weighted by molar-refractivity contribution is 0.0955. The van der Waals surface area contributed by atoms with Crippen LogP contribution in [0.1, 0.15) is 21.5 Å². The summed E-state index contributed by atoms with van der Waals surface area (Å²) in [7, 11) is -1.97. The van der Waals surface area contributed by atoms with E-state index in [1.54, 1.807) is 37.3 Å². The number of nitrogens with one attached hydrogen (secondary N) is 1. The summed E-state index contributed by atoms with van der Waals surface area (Å²) in [5.41, 5.74) is 1.90. The molecule has 0 aromatic heterocycles. The molecule has 0 radical (unpaired) electrons. The average Bonchev–Trinajstić information content (AvgIpc) is 2.62. The molecule has 152 valence electrons. The van der Waals surface area contributed by atoms with Crippen LogP contribution in [0.3, 0.4) is 0 Å². The van der Waals surface area contributed by atoms with Crippen molar-refractivity contribution in [3.63, 3.8) is 0 Å². The van der Waals surface area contributed by atoms with Crippen LogP contribution in [0, 0.1) is 12.7 Å². The fourth-order valence-corrected chi connectivity index (χ4v) is 4.32. The van der Waals surface area contributed by atoms with Crippen molar-refractivity contribution in [2.24, 2.45) is 0 Å². The average molecular weight is 445 g/mol. The molecule has 0 saturated carbocycles. The lowest BCUT2D eigenvalue weighted by Crippen LogP contribution is -2.29. The van der Waals surface area contributed by atoms with Crippen LogP contribution in [-0.2, 0) is 15.8 Å². The zero-order valence-electron chi connectivity index (χ0n) is 15.8. The largest absolute Gasteiger partial charge is 0.351 e. The molecule has 9 heteroatoms. The maximum Gasteiger partial charge on any atom is 0.251 e. The van der Waals surface area contributed by atoms with Gasteiger partial charge in [0.1, 0.15) is 5.82 Å². The van der Waals surface area contributed by atoms with E-state index in [0.29, 0.717) is 45.5 Å². The monoisotopic (exact) mass is 444 g/mol. The Balaban J connectivity index is 1.93. The molecule has 2 rings (SSSR count). The second-order valence-corrected chi connectivity index (χ2v) is 9.72. The van der Waals surface area contributed by atoms with Crippen LogP contribution in [0.15, 0.2) is 36.4 Å². The maximum absolute atomic E-state index is 13.7. The first-order valence-corrected chi connectivity index (χ1v) is 11.8. The Labute approximate surface area is 174 Å². The number of thioether (sulfide) groups is 1. The van der Waals surface area contributed by atoms with Gasteiger partial charge in [0, 0.05) is 41.2 Å². The summed E-state index contributed by atoms with van der Waals surface area (Å²) < 4.78 is 38.4. The Kier molecular flexibility index (Phi) is 7.74. The van der Waals surface area contributed by atoms with Crippen LogP contribution in [0.5, 0.6) is 0 Å². The van der Waals surface area contributed by atoms with Crippen LogP contribution in [0.4, 0.5) is 10.1 Å². The predicted octanol–water partition coefficient (Wildman–Crippen LogP) is 3.85. The summed E-state index contributed by atoms with van der Waals surface area (Å²) in [6.45, 7) is 2.10. The lowest BCUT2D eigenvalue weighted by atomic mass is 10.1. The first-order chi connectivity index (χ1) is 13.1. The predicted molar refractivity (Wildman–Crippen MR) is 114 cm³/mol. The molecule has 0 unspecified atom stereocenters. The van der Waals surface area contributed by atoms with Gasteiger partial charge in [0.05, 0.1) is 11.9 Å². The van der Waals surface area contributed by atoms with E-state index >= 15 is 0 Å². The number of anilines is 1. The van der Waals surface area contributed by atoms with Gasteiger partial charge in [0.25, 0.3) is 5.91 Å². The third-order valence-electron chi connectivity index (χ3n) is 4.23. The molecule has 0 spiro atoms. The van der Waals surface area contributed by atoms with E-state index in [2.05, 4.69) is 5.32 Å². The summed E-state index contributed by atoms with van der Waals surface area (Å²) in [5, 5.41) is 3.19. The summed E-state index contributed by atoms with van der Waals surface area (Å²) >= 11 is 7.45. The molecule has 0 fully saturated rings. The minimum absolute atomic E-state index is 0.286. The minimum atomic E-state index is -3.42. The normalized spacial score (nSPS) is 11.3. The number of nitrogens with zero attached hydrogens (tertiary/aromatic N) is 1. The van der Waals surface area contributed by atoms with Crippen LogP contribution in [-0.4, -0.2) is 39.9 Å². The first-order valence-electron chi connectivity index (χ1n) is 8.45. The second-order valence-electron chi connectivity index (χ2n) is 6.19. The summed E-state index contributed by atoms with van der Waals surface area (Å²) in [6.07, 6.45) is 1.11. The van der Waals surface area contributed by atoms with E-state index < -0.39 is 10.0 Å². The van der Waals surface area contributed by atoms with Gasteiger partial charge in [-0.1, -0.05) is 23.7 Å². The fourth-order valence-electron chi connectivity index (χ4n) is 2.57. The molecule has 0 aliphatic heterocycles. The highest BCUT2D eigenvalue weighted by atomic mass is 35.5. The Bertz CT molecular complexity index is 947. The van der Waals surface area contributed by atoms with E-state index in [0.717, 1.165) is 10.6 Å². The van der Waals surface area contributed by atoms with Gasteiger partial charge in [-0.2, -0.15) is 11.8 Å². The highest BCUT2D eigenvalue weighted by Crippen LogP contribution is 2.25. The van der Waals surface area contributed by atoms with E-state index in [9.17, 15) is 17.6 Å². The standard InChI is InChI=1S/C19H22ClFN2O3S2/c1-13-14(6-4-9-18(13)23(2)28(3,25)26)19(24)22-10-11-27-12-15-16(20)7-5-8-17(15)21/h4-9H,10-12H2,1-3H3,(H,22,24). The van der Waals surface area contributed by atoms with Gasteiger partial charge in [-0.3, -0.25) is 9.10 Å². The van der Waals surface area contributed by atoms with Crippen molar-refractivity contribution in [3.05, 3.63) is 63.9 Å². The molecule has 0 bridgehead atoms. The fraction of sp³-hybridized carbons (Fsp3) is 0.316. The van der Waals surface area contributed by atoms with E-state index in [1.165, 1.54) is 24.9 Å². The number of hydrogen-bond acceptors (Lipinski definition) is 4. The van der Waals surface area contributed by atoms with Crippen LogP contribution in [0.2, 0.25) is 5.02 Å². The second kappa shape index (κ2) is 9.62. The number of halogens is 2. The number of carbonyl (C=O) groups is 1. The first kappa shape index (κ1) is 22.5. The summed E-state index contributed by atoms with van der Waals surface area (Å²) in [5.74, 6) is 0.366. The van der Waals surface area contributed by atoms with Crippen LogP contribution >= 0.6 is 23.4 Å². The SMILES string of the molecule is Cc1c(C(=O)NCCSCc2c(F)cccc2Cl)cccc1N(C)S(C)(=O)=O. The van der Waals surface area contributed by atoms with E-state index in [4.69, 9.17) is 11.6 Å². The zero-order valence-corrected chi connectivity index (χ0v) is 18.2. The zero-order chi connectivity index (χ0) is 20.9. The molecular formula is C19H22ClFN2O3S2. The molecule has 5 nitrogen and oxygen atoms in total. The van der Waals surface area contributed by atoms with Crippen molar-refractivity contribution < 1.29 is 17.6 Å². The van der Waals surface area contributed by atoms with Gasteiger partial charge in [-0.15, -0.1) is 0 Å². The van der Waals surface area contributed by atoms with Crippen molar-refractivity contribution in [1.82, 2.24) is 5.32 Å². The molecule has 1 N–H and O–H groups in total.